The number of amides is 1. The summed E-state index contributed by atoms with van der Waals surface area (Å²) < 4.78 is 5.37. The van der Waals surface area contributed by atoms with Crippen molar-refractivity contribution < 1.29 is 19.4 Å². The van der Waals surface area contributed by atoms with Crippen molar-refractivity contribution in [3.8, 4) is 0 Å². The molecule has 1 aliphatic rings. The molecule has 0 aromatic carbocycles. The van der Waals surface area contributed by atoms with Gasteiger partial charge < -0.3 is 20.1 Å². The molecule has 0 aliphatic carbocycles. The summed E-state index contributed by atoms with van der Waals surface area (Å²) in [4.78, 5) is 28.4. The predicted molar refractivity (Wildman–Crippen MR) is 85.6 cm³/mol. The predicted octanol–water partition coefficient (Wildman–Crippen LogP) is 2.59. The van der Waals surface area contributed by atoms with Gasteiger partial charge in [-0.1, -0.05) is 0 Å². The number of nitrogens with one attached hydrogen (secondary N) is 1. The highest BCUT2D eigenvalue weighted by Crippen LogP contribution is 2.19. The minimum Gasteiger partial charge on any atom is -0.477 e. The van der Waals surface area contributed by atoms with E-state index in [1.807, 2.05) is 20.8 Å². The van der Waals surface area contributed by atoms with Gasteiger partial charge in [0, 0.05) is 31.0 Å². The van der Waals surface area contributed by atoms with Gasteiger partial charge in [0.15, 0.2) is 0 Å². The first-order valence-electron chi connectivity index (χ1n) is 7.68. The number of nitrogens with zero attached hydrogens (tertiary/aromatic N) is 2. The Morgan fingerprint density at radius 3 is 2.57 bits per heavy atom. The third kappa shape index (κ3) is 5.12. The van der Waals surface area contributed by atoms with Crippen molar-refractivity contribution >= 4 is 17.7 Å². The number of hydrogen-bond acceptors (Lipinski definition) is 5. The van der Waals surface area contributed by atoms with Crippen LogP contribution in [-0.4, -0.2) is 51.8 Å². The first-order valence-corrected chi connectivity index (χ1v) is 7.68. The second-order valence-electron chi connectivity index (χ2n) is 6.62. The van der Waals surface area contributed by atoms with E-state index in [2.05, 4.69) is 10.3 Å². The zero-order valence-electron chi connectivity index (χ0n) is 13.7. The Labute approximate surface area is 135 Å². The Morgan fingerprint density at radius 1 is 1.35 bits per heavy atom. The lowest BCUT2D eigenvalue weighted by atomic mass is 10.0. The first-order chi connectivity index (χ1) is 10.7. The van der Waals surface area contributed by atoms with E-state index in [1.54, 1.807) is 11.0 Å². The van der Waals surface area contributed by atoms with Crippen LogP contribution >= 0.6 is 0 Å². The standard InChI is InChI=1S/C16H23N3O4/c1-16(2,3)23-15(22)19-8-5-11(6-9-19)18-12-4-7-17-13(10-12)14(20)21/h4,7,10-11H,5-6,8-9H2,1-3H3,(H,17,18)(H,20,21). The lowest BCUT2D eigenvalue weighted by molar-refractivity contribution is 0.0210. The van der Waals surface area contributed by atoms with E-state index in [9.17, 15) is 9.59 Å². The second-order valence-corrected chi connectivity index (χ2v) is 6.62. The van der Waals surface area contributed by atoms with Gasteiger partial charge in [-0.2, -0.15) is 0 Å². The van der Waals surface area contributed by atoms with Crippen LogP contribution in [0.25, 0.3) is 0 Å². The minimum absolute atomic E-state index is 0.0150. The van der Waals surface area contributed by atoms with Gasteiger partial charge in [-0.25, -0.2) is 14.6 Å². The summed E-state index contributed by atoms with van der Waals surface area (Å²) in [5.41, 5.74) is 0.255. The molecule has 1 aromatic heterocycles. The number of likely N-dealkylation sites (tertiary alicyclic amines) is 1. The van der Waals surface area contributed by atoms with Crippen LogP contribution < -0.4 is 5.32 Å². The molecule has 1 amide bonds. The highest BCUT2D eigenvalue weighted by molar-refractivity contribution is 5.86. The average Bonchev–Trinajstić information content (AvgIpc) is 2.46. The number of ether oxygens (including phenoxy) is 1. The Kier molecular flexibility index (Phi) is 5.08. The van der Waals surface area contributed by atoms with E-state index in [4.69, 9.17) is 9.84 Å². The van der Waals surface area contributed by atoms with Crippen LogP contribution in [0.1, 0.15) is 44.1 Å². The Morgan fingerprint density at radius 2 is 2.00 bits per heavy atom. The molecule has 7 heteroatoms. The average molecular weight is 321 g/mol. The van der Waals surface area contributed by atoms with Gasteiger partial charge in [-0.05, 0) is 45.7 Å². The Balaban J connectivity index is 1.86. The maximum absolute atomic E-state index is 12.0. The topological polar surface area (TPSA) is 91.8 Å². The molecular formula is C16H23N3O4. The molecule has 1 saturated heterocycles. The largest absolute Gasteiger partial charge is 0.477 e. The molecule has 0 radical (unpaired) electrons. The Bertz CT molecular complexity index is 575. The number of rotatable bonds is 3. The second kappa shape index (κ2) is 6.85. The van der Waals surface area contributed by atoms with Crippen LogP contribution in [0.3, 0.4) is 0 Å². The fourth-order valence-electron chi connectivity index (χ4n) is 2.41. The van der Waals surface area contributed by atoms with Crippen LogP contribution in [0.2, 0.25) is 0 Å². The van der Waals surface area contributed by atoms with E-state index >= 15 is 0 Å². The summed E-state index contributed by atoms with van der Waals surface area (Å²) in [6, 6.07) is 3.45. The number of anilines is 1. The molecule has 0 unspecified atom stereocenters. The Hall–Kier alpha value is -2.31. The van der Waals surface area contributed by atoms with Gasteiger partial charge in [-0.15, -0.1) is 0 Å². The van der Waals surface area contributed by atoms with Crippen LogP contribution in [0.4, 0.5) is 10.5 Å². The molecule has 2 heterocycles. The number of carboxylic acid groups (broad SMARTS) is 1. The van der Waals surface area contributed by atoms with E-state index in [-0.39, 0.29) is 17.8 Å². The summed E-state index contributed by atoms with van der Waals surface area (Å²) >= 11 is 0. The normalized spacial score (nSPS) is 16.0. The van der Waals surface area contributed by atoms with Gasteiger partial charge in [0.25, 0.3) is 0 Å². The van der Waals surface area contributed by atoms with Crippen LogP contribution in [0, 0.1) is 0 Å². The number of carbonyl (C=O) groups excluding carboxylic acids is 1. The van der Waals surface area contributed by atoms with Crippen molar-refractivity contribution in [3.05, 3.63) is 24.0 Å². The van der Waals surface area contributed by atoms with E-state index in [0.717, 1.165) is 18.5 Å². The molecule has 1 aliphatic heterocycles. The minimum atomic E-state index is -1.05. The van der Waals surface area contributed by atoms with Crippen molar-refractivity contribution in [3.63, 3.8) is 0 Å². The van der Waals surface area contributed by atoms with Crippen LogP contribution in [0.15, 0.2) is 18.3 Å². The summed E-state index contributed by atoms with van der Waals surface area (Å²) in [5, 5.41) is 12.3. The number of carbonyl (C=O) groups is 2. The number of aromatic nitrogens is 1. The number of carboxylic acids is 1. The number of pyridine rings is 1. The molecule has 23 heavy (non-hydrogen) atoms. The van der Waals surface area contributed by atoms with Gasteiger partial charge >= 0.3 is 12.1 Å². The molecule has 0 saturated carbocycles. The summed E-state index contributed by atoms with van der Waals surface area (Å²) in [6.07, 6.45) is 2.75. The first kappa shape index (κ1) is 17.1. The fourth-order valence-corrected chi connectivity index (χ4v) is 2.41. The number of piperidine rings is 1. The highest BCUT2D eigenvalue weighted by atomic mass is 16.6. The SMILES string of the molecule is CC(C)(C)OC(=O)N1CCC(Nc2ccnc(C(=O)O)c2)CC1. The van der Waals surface area contributed by atoms with Crippen molar-refractivity contribution in [2.24, 2.45) is 0 Å². The van der Waals surface area contributed by atoms with Gasteiger partial charge in [0.05, 0.1) is 0 Å². The van der Waals surface area contributed by atoms with Gasteiger partial charge in [-0.3, -0.25) is 0 Å². The van der Waals surface area contributed by atoms with Crippen molar-refractivity contribution in [1.29, 1.82) is 0 Å². The van der Waals surface area contributed by atoms with E-state index in [1.165, 1.54) is 12.3 Å². The van der Waals surface area contributed by atoms with Crippen molar-refractivity contribution in [1.82, 2.24) is 9.88 Å². The number of aromatic carboxylic acids is 1. The van der Waals surface area contributed by atoms with E-state index in [0.29, 0.717) is 13.1 Å². The molecule has 2 rings (SSSR count). The van der Waals surface area contributed by atoms with Crippen molar-refractivity contribution in [2.75, 3.05) is 18.4 Å². The number of hydrogen-bond donors (Lipinski definition) is 2. The van der Waals surface area contributed by atoms with Gasteiger partial charge in [0.1, 0.15) is 11.3 Å². The fraction of sp³-hybridized carbons (Fsp3) is 0.562. The summed E-state index contributed by atoms with van der Waals surface area (Å²) in [7, 11) is 0. The maximum atomic E-state index is 12.0. The molecule has 2 N–H and O–H groups in total. The quantitative estimate of drug-likeness (QED) is 0.889. The third-order valence-corrected chi connectivity index (χ3v) is 3.50. The lowest BCUT2D eigenvalue weighted by Crippen LogP contribution is -2.44. The zero-order chi connectivity index (χ0) is 17.0. The maximum Gasteiger partial charge on any atom is 0.410 e. The van der Waals surface area contributed by atoms with E-state index < -0.39 is 11.6 Å². The molecule has 1 fully saturated rings. The highest BCUT2D eigenvalue weighted by Gasteiger charge is 2.26. The van der Waals surface area contributed by atoms with Gasteiger partial charge in [0.2, 0.25) is 0 Å². The molecule has 126 valence electrons. The molecule has 0 bridgehead atoms. The molecular weight excluding hydrogens is 298 g/mol. The smallest absolute Gasteiger partial charge is 0.410 e. The van der Waals surface area contributed by atoms with Crippen molar-refractivity contribution in [2.45, 2.75) is 45.3 Å². The zero-order valence-corrected chi connectivity index (χ0v) is 13.7. The molecule has 7 nitrogen and oxygen atoms in total. The summed E-state index contributed by atoms with van der Waals surface area (Å²) in [6.45, 7) is 6.78. The van der Waals surface area contributed by atoms with Crippen LogP contribution in [-0.2, 0) is 4.74 Å². The summed E-state index contributed by atoms with van der Waals surface area (Å²) in [5.74, 6) is -1.05. The monoisotopic (exact) mass is 321 g/mol. The lowest BCUT2D eigenvalue weighted by Gasteiger charge is -2.34. The van der Waals surface area contributed by atoms with Crippen LogP contribution in [0.5, 0.6) is 0 Å². The molecule has 0 atom stereocenters. The molecule has 1 aromatic rings. The third-order valence-electron chi connectivity index (χ3n) is 3.50. The molecule has 0 spiro atoms.